The molecule has 2 N–H and O–H groups in total. The zero-order chi connectivity index (χ0) is 15.3. The molecule has 2 fully saturated rings. The molecule has 1 aliphatic carbocycles. The van der Waals surface area contributed by atoms with E-state index in [2.05, 4.69) is 10.0 Å². The third-order valence-corrected chi connectivity index (χ3v) is 6.11. The molecule has 1 unspecified atom stereocenters. The number of rotatable bonds is 5. The van der Waals surface area contributed by atoms with Crippen molar-refractivity contribution in [3.8, 4) is 0 Å². The van der Waals surface area contributed by atoms with Crippen molar-refractivity contribution >= 4 is 16.1 Å². The lowest BCUT2D eigenvalue weighted by Crippen LogP contribution is -2.50. The number of carbonyl (C=O) groups excluding carboxylic acids is 1. The minimum absolute atomic E-state index is 0.0117. The van der Waals surface area contributed by atoms with Crippen molar-refractivity contribution in [3.63, 3.8) is 0 Å². The Labute approximate surface area is 127 Å². The molecule has 21 heavy (non-hydrogen) atoms. The number of nitrogens with one attached hydrogen (secondary N) is 2. The molecule has 122 valence electrons. The van der Waals surface area contributed by atoms with Gasteiger partial charge in [0, 0.05) is 18.6 Å². The first kappa shape index (κ1) is 16.7. The highest BCUT2D eigenvalue weighted by Gasteiger charge is 2.29. The Hall–Kier alpha value is -0.660. The molecule has 0 aromatic carbocycles. The predicted octanol–water partition coefficient (Wildman–Crippen LogP) is 1.14. The molecule has 1 saturated carbocycles. The van der Waals surface area contributed by atoms with E-state index in [4.69, 9.17) is 0 Å². The van der Waals surface area contributed by atoms with Gasteiger partial charge in [0.25, 0.3) is 10.2 Å². The van der Waals surface area contributed by atoms with Crippen LogP contribution >= 0.6 is 0 Å². The van der Waals surface area contributed by atoms with Gasteiger partial charge in [-0.05, 0) is 32.6 Å². The molecule has 1 saturated heterocycles. The lowest BCUT2D eigenvalue weighted by atomic mass is 9.95. The highest BCUT2D eigenvalue weighted by molar-refractivity contribution is 7.87. The minimum atomic E-state index is -3.55. The molecule has 2 rings (SSSR count). The van der Waals surface area contributed by atoms with Crippen LogP contribution in [-0.2, 0) is 15.0 Å². The normalized spacial score (nSPS) is 25.7. The van der Waals surface area contributed by atoms with Gasteiger partial charge in [-0.1, -0.05) is 25.7 Å². The summed E-state index contributed by atoms with van der Waals surface area (Å²) < 4.78 is 28.4. The number of amides is 1. The second-order valence-corrected chi connectivity index (χ2v) is 7.89. The maximum absolute atomic E-state index is 12.2. The average Bonchev–Trinajstić information content (AvgIpc) is 2.47. The molecule has 6 nitrogen and oxygen atoms in total. The zero-order valence-corrected chi connectivity index (χ0v) is 13.6. The molecule has 1 heterocycles. The second-order valence-electron chi connectivity index (χ2n) is 6.18. The molecule has 1 atom stereocenters. The SMILES string of the molecule is CC1CCCCN1S(=O)(=O)NCC(=O)NC1CCCCC1. The van der Waals surface area contributed by atoms with Gasteiger partial charge in [0.1, 0.15) is 0 Å². The molecule has 0 bridgehead atoms. The van der Waals surface area contributed by atoms with E-state index in [0.717, 1.165) is 44.9 Å². The summed E-state index contributed by atoms with van der Waals surface area (Å²) in [6.07, 6.45) is 8.35. The first-order chi connectivity index (χ1) is 9.99. The summed E-state index contributed by atoms with van der Waals surface area (Å²) in [7, 11) is -3.55. The maximum Gasteiger partial charge on any atom is 0.280 e. The van der Waals surface area contributed by atoms with Crippen LogP contribution in [0.1, 0.15) is 58.3 Å². The van der Waals surface area contributed by atoms with Crippen LogP contribution in [0.5, 0.6) is 0 Å². The van der Waals surface area contributed by atoms with Gasteiger partial charge >= 0.3 is 0 Å². The van der Waals surface area contributed by atoms with Crippen molar-refractivity contribution in [1.82, 2.24) is 14.3 Å². The average molecular weight is 317 g/mol. The number of piperidine rings is 1. The standard InChI is InChI=1S/C14H27N3O3S/c1-12-7-5-6-10-17(12)21(19,20)15-11-14(18)16-13-8-3-2-4-9-13/h12-13,15H,2-11H2,1H3,(H,16,18). The Balaban J connectivity index is 1.79. The maximum atomic E-state index is 12.2. The van der Waals surface area contributed by atoms with E-state index in [0.29, 0.717) is 6.54 Å². The van der Waals surface area contributed by atoms with Crippen molar-refractivity contribution in [3.05, 3.63) is 0 Å². The Bertz CT molecular complexity index is 446. The van der Waals surface area contributed by atoms with Crippen LogP contribution in [0.15, 0.2) is 0 Å². The lowest BCUT2D eigenvalue weighted by Gasteiger charge is -2.32. The molecular weight excluding hydrogens is 290 g/mol. The van der Waals surface area contributed by atoms with Crippen LogP contribution in [0.4, 0.5) is 0 Å². The molecule has 0 spiro atoms. The summed E-state index contributed by atoms with van der Waals surface area (Å²) in [5.41, 5.74) is 0. The van der Waals surface area contributed by atoms with Gasteiger partial charge in [-0.15, -0.1) is 0 Å². The van der Waals surface area contributed by atoms with Crippen LogP contribution < -0.4 is 10.0 Å². The highest BCUT2D eigenvalue weighted by Crippen LogP contribution is 2.19. The van der Waals surface area contributed by atoms with Crippen LogP contribution in [-0.4, -0.2) is 43.8 Å². The molecule has 0 aromatic heterocycles. The van der Waals surface area contributed by atoms with Crippen molar-refractivity contribution in [2.45, 2.75) is 70.4 Å². The van der Waals surface area contributed by atoms with Crippen LogP contribution in [0.3, 0.4) is 0 Å². The van der Waals surface area contributed by atoms with E-state index in [1.54, 1.807) is 0 Å². The van der Waals surface area contributed by atoms with Gasteiger partial charge in [0.2, 0.25) is 5.91 Å². The summed E-state index contributed by atoms with van der Waals surface area (Å²) in [6.45, 7) is 2.29. The van der Waals surface area contributed by atoms with Crippen molar-refractivity contribution in [2.75, 3.05) is 13.1 Å². The number of hydrogen-bond acceptors (Lipinski definition) is 3. The Kier molecular flexibility index (Phi) is 6.01. The van der Waals surface area contributed by atoms with Gasteiger partial charge in [0.15, 0.2) is 0 Å². The van der Waals surface area contributed by atoms with E-state index in [1.165, 1.54) is 10.7 Å². The van der Waals surface area contributed by atoms with Gasteiger partial charge < -0.3 is 5.32 Å². The van der Waals surface area contributed by atoms with Gasteiger partial charge in [-0.25, -0.2) is 0 Å². The zero-order valence-electron chi connectivity index (χ0n) is 12.8. The molecule has 0 radical (unpaired) electrons. The largest absolute Gasteiger partial charge is 0.352 e. The molecule has 7 heteroatoms. The van der Waals surface area contributed by atoms with Crippen LogP contribution in [0.25, 0.3) is 0 Å². The van der Waals surface area contributed by atoms with E-state index in [9.17, 15) is 13.2 Å². The number of hydrogen-bond donors (Lipinski definition) is 2. The predicted molar refractivity (Wildman–Crippen MR) is 82.0 cm³/mol. The number of carbonyl (C=O) groups is 1. The van der Waals surface area contributed by atoms with E-state index >= 15 is 0 Å². The van der Waals surface area contributed by atoms with E-state index in [1.807, 2.05) is 6.92 Å². The first-order valence-corrected chi connectivity index (χ1v) is 9.49. The van der Waals surface area contributed by atoms with Crippen molar-refractivity contribution in [2.24, 2.45) is 0 Å². The second kappa shape index (κ2) is 7.56. The smallest absolute Gasteiger partial charge is 0.280 e. The van der Waals surface area contributed by atoms with Crippen molar-refractivity contribution < 1.29 is 13.2 Å². The first-order valence-electron chi connectivity index (χ1n) is 8.05. The molecule has 1 aliphatic heterocycles. The molecule has 2 aliphatic rings. The fourth-order valence-corrected chi connectivity index (χ4v) is 4.62. The monoisotopic (exact) mass is 317 g/mol. The van der Waals surface area contributed by atoms with Gasteiger partial charge in [0.05, 0.1) is 6.54 Å². The Morgan fingerprint density at radius 2 is 1.76 bits per heavy atom. The summed E-state index contributed by atoms with van der Waals surface area (Å²) in [6, 6.07) is 0.224. The Morgan fingerprint density at radius 1 is 1.10 bits per heavy atom. The minimum Gasteiger partial charge on any atom is -0.352 e. The molecular formula is C14H27N3O3S. The fourth-order valence-electron chi connectivity index (χ4n) is 3.19. The quantitative estimate of drug-likeness (QED) is 0.798. The fraction of sp³-hybridized carbons (Fsp3) is 0.929. The molecule has 0 aromatic rings. The van der Waals surface area contributed by atoms with Crippen LogP contribution in [0, 0.1) is 0 Å². The Morgan fingerprint density at radius 3 is 2.43 bits per heavy atom. The lowest BCUT2D eigenvalue weighted by molar-refractivity contribution is -0.120. The summed E-state index contributed by atoms with van der Waals surface area (Å²) >= 11 is 0. The third kappa shape index (κ3) is 4.93. The van der Waals surface area contributed by atoms with Crippen molar-refractivity contribution in [1.29, 1.82) is 0 Å². The number of nitrogens with zero attached hydrogens (tertiary/aromatic N) is 1. The summed E-state index contributed by atoms with van der Waals surface area (Å²) in [5, 5.41) is 2.92. The molecule has 1 amide bonds. The van der Waals surface area contributed by atoms with Crippen LogP contribution in [0.2, 0.25) is 0 Å². The summed E-state index contributed by atoms with van der Waals surface area (Å²) in [4.78, 5) is 11.9. The van der Waals surface area contributed by atoms with E-state index < -0.39 is 10.2 Å². The van der Waals surface area contributed by atoms with Gasteiger partial charge in [-0.3, -0.25) is 4.79 Å². The summed E-state index contributed by atoms with van der Waals surface area (Å²) in [5.74, 6) is -0.227. The van der Waals surface area contributed by atoms with Gasteiger partial charge in [-0.2, -0.15) is 17.4 Å². The highest BCUT2D eigenvalue weighted by atomic mass is 32.2. The van der Waals surface area contributed by atoms with E-state index in [-0.39, 0.29) is 24.5 Å². The topological polar surface area (TPSA) is 78.5 Å². The third-order valence-electron chi connectivity index (χ3n) is 4.44.